The molecule has 0 aliphatic carbocycles. The number of halogens is 3. The summed E-state index contributed by atoms with van der Waals surface area (Å²) >= 11 is 0. The van der Waals surface area contributed by atoms with Crippen molar-refractivity contribution >= 4 is 26.9 Å². The van der Waals surface area contributed by atoms with E-state index in [0.29, 0.717) is 12.1 Å². The van der Waals surface area contributed by atoms with Crippen molar-refractivity contribution in [2.75, 3.05) is 13.2 Å². The molecule has 3 aromatic rings. The Morgan fingerprint density at radius 3 is 2.42 bits per heavy atom. The molecule has 2 heterocycles. The van der Waals surface area contributed by atoms with Gasteiger partial charge < -0.3 is 15.2 Å². The van der Waals surface area contributed by atoms with Crippen LogP contribution in [0, 0.1) is 0 Å². The highest BCUT2D eigenvalue weighted by atomic mass is 32.2. The molecule has 0 amide bonds. The van der Waals surface area contributed by atoms with Crippen LogP contribution in [0.5, 0.6) is 5.75 Å². The van der Waals surface area contributed by atoms with Crippen molar-refractivity contribution in [3.05, 3.63) is 60.3 Å². The molecular weight excluding hydrogens is 437 g/mol. The molecule has 2 N–H and O–H groups in total. The summed E-state index contributed by atoms with van der Waals surface area (Å²) in [5, 5.41) is 11.4. The Labute approximate surface area is 176 Å². The van der Waals surface area contributed by atoms with Crippen molar-refractivity contribution in [3.8, 4) is 5.75 Å². The second-order valence-electron chi connectivity index (χ2n) is 6.67. The van der Waals surface area contributed by atoms with Gasteiger partial charge in [0.15, 0.2) is 0 Å². The molecule has 2 aromatic carbocycles. The lowest BCUT2D eigenvalue weighted by atomic mass is 10.0. The van der Waals surface area contributed by atoms with Crippen LogP contribution in [0.1, 0.15) is 18.5 Å². The van der Waals surface area contributed by atoms with Crippen molar-refractivity contribution in [1.82, 2.24) is 9.29 Å². The maximum atomic E-state index is 12.9. The summed E-state index contributed by atoms with van der Waals surface area (Å²) in [6.07, 6.45) is -3.47. The number of aliphatic carboxylic acids is 1. The van der Waals surface area contributed by atoms with Crippen molar-refractivity contribution in [1.29, 1.82) is 0 Å². The molecule has 1 atom stereocenters. The number of benzene rings is 2. The van der Waals surface area contributed by atoms with Gasteiger partial charge in [-0.2, -0.15) is 13.2 Å². The van der Waals surface area contributed by atoms with Crippen LogP contribution in [0.25, 0.3) is 10.9 Å². The lowest BCUT2D eigenvalue weighted by Gasteiger charge is -2.14. The third-order valence-electron chi connectivity index (χ3n) is 4.62. The highest BCUT2D eigenvalue weighted by Gasteiger charge is 2.38. The third-order valence-corrected chi connectivity index (χ3v) is 6.33. The summed E-state index contributed by atoms with van der Waals surface area (Å²) in [7, 11) is -3.62. The van der Waals surface area contributed by atoms with Crippen LogP contribution in [-0.2, 0) is 14.8 Å². The topological polar surface area (TPSA) is 97.6 Å². The van der Waals surface area contributed by atoms with Gasteiger partial charge in [0.2, 0.25) is 0 Å². The van der Waals surface area contributed by atoms with Gasteiger partial charge in [-0.05, 0) is 37.3 Å². The number of hydrogen-bond donors (Lipinski definition) is 2. The first-order valence-corrected chi connectivity index (χ1v) is 10.6. The predicted molar refractivity (Wildman–Crippen MR) is 107 cm³/mol. The number of nitrogens with zero attached hydrogens (tertiary/aromatic N) is 1. The van der Waals surface area contributed by atoms with E-state index in [2.05, 4.69) is 12.2 Å². The average Bonchev–Trinajstić information content (AvgIpc) is 3.07. The molecule has 1 aliphatic rings. The van der Waals surface area contributed by atoms with E-state index >= 15 is 0 Å². The van der Waals surface area contributed by atoms with Crippen LogP contribution in [0.15, 0.2) is 59.6 Å². The van der Waals surface area contributed by atoms with Crippen LogP contribution in [0.4, 0.5) is 13.2 Å². The number of carboxylic acids is 1. The number of carbonyl (C=O) groups is 1. The van der Waals surface area contributed by atoms with Crippen molar-refractivity contribution in [2.45, 2.75) is 24.0 Å². The molecule has 7 nitrogen and oxygen atoms in total. The van der Waals surface area contributed by atoms with E-state index in [9.17, 15) is 21.6 Å². The lowest BCUT2D eigenvalue weighted by Crippen LogP contribution is -2.21. The van der Waals surface area contributed by atoms with E-state index in [0.717, 1.165) is 23.2 Å². The summed E-state index contributed by atoms with van der Waals surface area (Å²) in [6, 6.07) is 14.1. The van der Waals surface area contributed by atoms with Crippen molar-refractivity contribution in [2.24, 2.45) is 0 Å². The first-order valence-electron chi connectivity index (χ1n) is 9.14. The molecule has 0 spiro atoms. The fraction of sp³-hybridized carbons (Fsp3) is 0.250. The molecule has 11 heteroatoms. The second kappa shape index (κ2) is 8.60. The van der Waals surface area contributed by atoms with Gasteiger partial charge in [-0.1, -0.05) is 18.2 Å². The van der Waals surface area contributed by atoms with Gasteiger partial charge in [0.1, 0.15) is 12.4 Å². The number of nitrogens with one attached hydrogen (secondary N) is 1. The molecular formula is C20H19F3N2O5S. The fourth-order valence-electron chi connectivity index (χ4n) is 3.22. The summed E-state index contributed by atoms with van der Waals surface area (Å²) in [5.41, 5.74) is 1.67. The number of ether oxygens (including phenoxy) is 1. The largest absolute Gasteiger partial charge is 0.492 e. The normalized spacial score (nSPS) is 16.5. The van der Waals surface area contributed by atoms with Gasteiger partial charge in [0, 0.05) is 29.7 Å². The van der Waals surface area contributed by atoms with Crippen molar-refractivity contribution in [3.63, 3.8) is 0 Å². The summed E-state index contributed by atoms with van der Waals surface area (Å²) in [6.45, 7) is 3.43. The first kappa shape index (κ1) is 22.6. The Morgan fingerprint density at radius 1 is 1.16 bits per heavy atom. The SMILES string of the molecule is CC1NCCOc2ccc3c(ccn3S(=O)(=O)c3ccccc3)c21.O=C(O)C(F)(F)F. The maximum absolute atomic E-state index is 12.9. The zero-order valence-corrected chi connectivity index (χ0v) is 17.1. The molecule has 166 valence electrons. The van der Waals surface area contributed by atoms with Gasteiger partial charge in [0.05, 0.1) is 10.4 Å². The maximum Gasteiger partial charge on any atom is 0.490 e. The Kier molecular flexibility index (Phi) is 6.27. The van der Waals surface area contributed by atoms with Crippen LogP contribution in [0.2, 0.25) is 0 Å². The summed E-state index contributed by atoms with van der Waals surface area (Å²) < 4.78 is 64.7. The standard InChI is InChI=1S/C18H18N2O3S.C2HF3O2/c1-13-18-15-9-11-20(24(21,22)14-5-3-2-4-6-14)16(15)7-8-17(18)23-12-10-19-13;3-2(4,5)1(6)7/h2-9,11,13,19H,10,12H2,1H3;(H,6,7). The van der Waals surface area contributed by atoms with Crippen LogP contribution >= 0.6 is 0 Å². The second-order valence-corrected chi connectivity index (χ2v) is 8.48. The highest BCUT2D eigenvalue weighted by molar-refractivity contribution is 7.90. The molecule has 1 aliphatic heterocycles. The molecule has 0 saturated heterocycles. The number of hydrogen-bond acceptors (Lipinski definition) is 5. The Bertz CT molecular complexity index is 1190. The van der Waals surface area contributed by atoms with E-state index in [1.54, 1.807) is 36.5 Å². The molecule has 1 aromatic heterocycles. The molecule has 0 saturated carbocycles. The van der Waals surface area contributed by atoms with Gasteiger partial charge in [-0.25, -0.2) is 17.2 Å². The minimum atomic E-state index is -5.08. The first-order chi connectivity index (χ1) is 14.5. The highest BCUT2D eigenvalue weighted by Crippen LogP contribution is 2.36. The Hall–Kier alpha value is -3.05. The summed E-state index contributed by atoms with van der Waals surface area (Å²) in [4.78, 5) is 9.17. The van der Waals surface area contributed by atoms with Crippen molar-refractivity contribution < 1.29 is 36.2 Å². The lowest BCUT2D eigenvalue weighted by molar-refractivity contribution is -0.192. The minimum absolute atomic E-state index is 0.0986. The van der Waals surface area contributed by atoms with Gasteiger partial charge in [-0.3, -0.25) is 0 Å². The zero-order valence-electron chi connectivity index (χ0n) is 16.3. The third kappa shape index (κ3) is 4.67. The Balaban J connectivity index is 0.000000339. The van der Waals surface area contributed by atoms with E-state index in [-0.39, 0.29) is 10.9 Å². The predicted octanol–water partition coefficient (Wildman–Crippen LogP) is 3.55. The number of carboxylic acid groups (broad SMARTS) is 1. The molecule has 0 radical (unpaired) electrons. The molecule has 1 unspecified atom stereocenters. The molecule has 31 heavy (non-hydrogen) atoms. The number of aromatic nitrogens is 1. The quantitative estimate of drug-likeness (QED) is 0.612. The minimum Gasteiger partial charge on any atom is -0.492 e. The van der Waals surface area contributed by atoms with E-state index in [1.165, 1.54) is 3.97 Å². The fourth-order valence-corrected chi connectivity index (χ4v) is 4.59. The number of fused-ring (bicyclic) bond motifs is 3. The number of alkyl halides is 3. The Morgan fingerprint density at radius 2 is 1.81 bits per heavy atom. The smallest absolute Gasteiger partial charge is 0.490 e. The monoisotopic (exact) mass is 456 g/mol. The van der Waals surface area contributed by atoms with Crippen LogP contribution in [-0.4, -0.2) is 42.8 Å². The number of rotatable bonds is 2. The zero-order chi connectivity index (χ0) is 22.8. The molecule has 4 rings (SSSR count). The molecule has 0 fully saturated rings. The molecule has 0 bridgehead atoms. The van der Waals surface area contributed by atoms with Crippen LogP contribution < -0.4 is 10.1 Å². The average molecular weight is 456 g/mol. The van der Waals surface area contributed by atoms with E-state index in [1.807, 2.05) is 18.2 Å². The van der Waals surface area contributed by atoms with E-state index < -0.39 is 22.2 Å². The van der Waals surface area contributed by atoms with Gasteiger partial charge in [-0.15, -0.1) is 0 Å². The van der Waals surface area contributed by atoms with E-state index in [4.69, 9.17) is 14.6 Å². The van der Waals surface area contributed by atoms with Gasteiger partial charge >= 0.3 is 12.1 Å². The van der Waals surface area contributed by atoms with Gasteiger partial charge in [0.25, 0.3) is 10.0 Å². The summed E-state index contributed by atoms with van der Waals surface area (Å²) in [5.74, 6) is -1.94. The van der Waals surface area contributed by atoms with Crippen LogP contribution in [0.3, 0.4) is 0 Å².